The van der Waals surface area contributed by atoms with Gasteiger partial charge in [-0.15, -0.1) is 10.2 Å². The first-order chi connectivity index (χ1) is 10.2. The summed E-state index contributed by atoms with van der Waals surface area (Å²) in [5.41, 5.74) is 3.14. The number of rotatable bonds is 4. The van der Waals surface area contributed by atoms with Crippen LogP contribution in [-0.2, 0) is 6.54 Å². The Hall–Kier alpha value is -2.14. The number of nitrogens with zero attached hydrogens (tertiary/aromatic N) is 2. The lowest BCUT2D eigenvalue weighted by molar-refractivity contribution is 0.515. The molecule has 4 nitrogen and oxygen atoms in total. The van der Waals surface area contributed by atoms with Crippen LogP contribution in [-0.4, -0.2) is 10.2 Å². The van der Waals surface area contributed by atoms with Crippen molar-refractivity contribution in [2.45, 2.75) is 13.5 Å². The maximum Gasteiger partial charge on any atom is 0.247 e. The van der Waals surface area contributed by atoms with Gasteiger partial charge in [0.15, 0.2) is 0 Å². The summed E-state index contributed by atoms with van der Waals surface area (Å²) in [6.45, 7) is 2.55. The van der Waals surface area contributed by atoms with Crippen LogP contribution in [0.4, 0.5) is 5.69 Å². The first-order valence-electron chi connectivity index (χ1n) is 6.60. The first-order valence-corrected chi connectivity index (χ1v) is 7.39. The second-order valence-corrected chi connectivity index (χ2v) is 5.60. The highest BCUT2D eigenvalue weighted by Crippen LogP contribution is 2.22. The molecule has 0 aliphatic rings. The quantitative estimate of drug-likeness (QED) is 0.761. The second kappa shape index (κ2) is 6.10. The Balaban J connectivity index is 1.72. The second-order valence-electron chi connectivity index (χ2n) is 4.68. The Kier molecular flexibility index (Phi) is 4.01. The molecule has 21 heavy (non-hydrogen) atoms. The van der Waals surface area contributed by atoms with E-state index in [9.17, 15) is 0 Å². The van der Waals surface area contributed by atoms with Crippen LogP contribution in [0.5, 0.6) is 0 Å². The topological polar surface area (TPSA) is 51.0 Å². The molecule has 5 heteroatoms. The molecular weight excluding hydrogens is 330 g/mol. The fraction of sp³-hybridized carbons (Fsp3) is 0.125. The molecule has 0 atom stereocenters. The van der Waals surface area contributed by atoms with Crippen LogP contribution in [0.3, 0.4) is 0 Å². The monoisotopic (exact) mass is 343 g/mol. The lowest BCUT2D eigenvalue weighted by atomic mass is 10.2. The van der Waals surface area contributed by atoms with Gasteiger partial charge in [-0.2, -0.15) is 0 Å². The minimum atomic E-state index is 0.497. The van der Waals surface area contributed by atoms with Gasteiger partial charge < -0.3 is 9.73 Å². The summed E-state index contributed by atoms with van der Waals surface area (Å²) in [6, 6.07) is 15.8. The van der Waals surface area contributed by atoms with Gasteiger partial charge in [0, 0.05) is 15.7 Å². The zero-order valence-electron chi connectivity index (χ0n) is 11.5. The molecule has 3 aromatic rings. The van der Waals surface area contributed by atoms with E-state index in [1.54, 1.807) is 0 Å². The number of halogens is 1. The zero-order chi connectivity index (χ0) is 14.7. The van der Waals surface area contributed by atoms with Crippen molar-refractivity contribution in [1.82, 2.24) is 10.2 Å². The Morgan fingerprint density at radius 2 is 1.90 bits per heavy atom. The molecule has 106 valence electrons. The van der Waals surface area contributed by atoms with Crippen LogP contribution >= 0.6 is 15.9 Å². The molecule has 0 unspecified atom stereocenters. The summed E-state index contributed by atoms with van der Waals surface area (Å²) < 4.78 is 6.70. The van der Waals surface area contributed by atoms with E-state index in [1.165, 1.54) is 5.56 Å². The van der Waals surface area contributed by atoms with Crippen molar-refractivity contribution in [3.05, 3.63) is 64.5 Å². The van der Waals surface area contributed by atoms with Crippen molar-refractivity contribution in [2.24, 2.45) is 0 Å². The van der Waals surface area contributed by atoms with Crippen LogP contribution in [0.1, 0.15) is 11.5 Å². The average Bonchev–Trinajstić information content (AvgIpc) is 2.98. The fourth-order valence-electron chi connectivity index (χ4n) is 1.98. The number of benzene rings is 2. The number of aromatic nitrogens is 2. The van der Waals surface area contributed by atoms with Crippen LogP contribution < -0.4 is 5.32 Å². The molecule has 0 spiro atoms. The third-order valence-corrected chi connectivity index (χ3v) is 3.61. The lowest BCUT2D eigenvalue weighted by Gasteiger charge is -2.07. The Morgan fingerprint density at radius 1 is 1.10 bits per heavy atom. The zero-order valence-corrected chi connectivity index (χ0v) is 13.1. The maximum absolute atomic E-state index is 5.67. The van der Waals surface area contributed by atoms with E-state index >= 15 is 0 Å². The highest BCUT2D eigenvalue weighted by molar-refractivity contribution is 9.10. The minimum Gasteiger partial charge on any atom is -0.419 e. The molecule has 0 amide bonds. The minimum absolute atomic E-state index is 0.497. The first kappa shape index (κ1) is 13.8. The van der Waals surface area contributed by atoms with Crippen LogP contribution in [0.25, 0.3) is 11.5 Å². The van der Waals surface area contributed by atoms with Crippen LogP contribution in [0.15, 0.2) is 57.4 Å². The number of aryl methyl sites for hydroxylation is 1. The molecule has 0 saturated carbocycles. The molecule has 1 N–H and O–H groups in total. The standard InChI is InChI=1S/C16H14BrN3O/c1-11-7-8-13(17)9-14(11)18-10-15-19-20-16(21-15)12-5-3-2-4-6-12/h2-9,18H,10H2,1H3. The highest BCUT2D eigenvalue weighted by atomic mass is 79.9. The van der Waals surface area contributed by atoms with Crippen molar-refractivity contribution in [2.75, 3.05) is 5.32 Å². The van der Waals surface area contributed by atoms with E-state index < -0.39 is 0 Å². The van der Waals surface area contributed by atoms with Crippen molar-refractivity contribution in [1.29, 1.82) is 0 Å². The van der Waals surface area contributed by atoms with E-state index in [0.29, 0.717) is 18.3 Å². The summed E-state index contributed by atoms with van der Waals surface area (Å²) in [5, 5.41) is 11.5. The van der Waals surface area contributed by atoms with Gasteiger partial charge in [-0.3, -0.25) is 0 Å². The Labute approximate surface area is 131 Å². The largest absolute Gasteiger partial charge is 0.419 e. The molecule has 0 bridgehead atoms. The van der Waals surface area contributed by atoms with Crippen LogP contribution in [0.2, 0.25) is 0 Å². The van der Waals surface area contributed by atoms with Crippen molar-refractivity contribution in [3.63, 3.8) is 0 Å². The van der Waals surface area contributed by atoms with Gasteiger partial charge in [0.1, 0.15) is 0 Å². The predicted molar refractivity (Wildman–Crippen MR) is 85.9 cm³/mol. The van der Waals surface area contributed by atoms with Gasteiger partial charge >= 0.3 is 0 Å². The number of anilines is 1. The average molecular weight is 344 g/mol. The van der Waals surface area contributed by atoms with E-state index in [1.807, 2.05) is 42.5 Å². The van der Waals surface area contributed by atoms with Crippen molar-refractivity contribution in [3.8, 4) is 11.5 Å². The van der Waals surface area contributed by atoms with Gasteiger partial charge in [0.25, 0.3) is 0 Å². The Morgan fingerprint density at radius 3 is 2.71 bits per heavy atom. The molecule has 0 aliphatic heterocycles. The molecule has 0 aliphatic carbocycles. The summed E-state index contributed by atoms with van der Waals surface area (Å²) in [5.74, 6) is 1.10. The molecule has 0 radical (unpaired) electrons. The third-order valence-electron chi connectivity index (χ3n) is 3.12. The SMILES string of the molecule is Cc1ccc(Br)cc1NCc1nnc(-c2ccccc2)o1. The van der Waals surface area contributed by atoms with E-state index in [2.05, 4.69) is 44.4 Å². The fourth-order valence-corrected chi connectivity index (χ4v) is 2.34. The van der Waals surface area contributed by atoms with Gasteiger partial charge in [-0.1, -0.05) is 40.2 Å². The van der Waals surface area contributed by atoms with E-state index in [4.69, 9.17) is 4.42 Å². The van der Waals surface area contributed by atoms with Gasteiger partial charge in [-0.25, -0.2) is 0 Å². The summed E-state index contributed by atoms with van der Waals surface area (Å²) in [6.07, 6.45) is 0. The number of hydrogen-bond acceptors (Lipinski definition) is 4. The molecule has 1 aromatic heterocycles. The third kappa shape index (κ3) is 3.31. The molecular formula is C16H14BrN3O. The lowest BCUT2D eigenvalue weighted by Crippen LogP contribution is -2.01. The van der Waals surface area contributed by atoms with Gasteiger partial charge in [0.2, 0.25) is 11.8 Å². The number of nitrogens with one attached hydrogen (secondary N) is 1. The van der Waals surface area contributed by atoms with Crippen molar-refractivity contribution >= 4 is 21.6 Å². The maximum atomic E-state index is 5.67. The summed E-state index contributed by atoms with van der Waals surface area (Å²) in [4.78, 5) is 0. The van der Waals surface area contributed by atoms with E-state index in [-0.39, 0.29) is 0 Å². The predicted octanol–water partition coefficient (Wildman–Crippen LogP) is 4.42. The molecule has 3 rings (SSSR count). The highest BCUT2D eigenvalue weighted by Gasteiger charge is 2.08. The molecule has 0 fully saturated rings. The smallest absolute Gasteiger partial charge is 0.247 e. The summed E-state index contributed by atoms with van der Waals surface area (Å²) in [7, 11) is 0. The molecule has 0 saturated heterocycles. The number of hydrogen-bond donors (Lipinski definition) is 1. The Bertz CT molecular complexity index is 740. The van der Waals surface area contributed by atoms with Crippen LogP contribution in [0, 0.1) is 6.92 Å². The van der Waals surface area contributed by atoms with Gasteiger partial charge in [0.05, 0.1) is 6.54 Å². The molecule has 1 heterocycles. The van der Waals surface area contributed by atoms with E-state index in [0.717, 1.165) is 15.7 Å². The normalized spacial score (nSPS) is 10.6. The summed E-state index contributed by atoms with van der Waals surface area (Å²) >= 11 is 3.47. The van der Waals surface area contributed by atoms with Gasteiger partial charge in [-0.05, 0) is 36.8 Å². The molecule has 2 aromatic carbocycles. The van der Waals surface area contributed by atoms with Crippen molar-refractivity contribution < 1.29 is 4.42 Å².